The van der Waals surface area contributed by atoms with Crippen LogP contribution in [-0.4, -0.2) is 19.0 Å². The summed E-state index contributed by atoms with van der Waals surface area (Å²) in [5.41, 5.74) is 0. The van der Waals surface area contributed by atoms with Crippen LogP contribution in [-0.2, 0) is 0 Å². The number of unbranched alkanes of at least 4 members (excludes halogenated alkanes) is 2. The molecule has 0 heterocycles. The molecule has 15 heavy (non-hydrogen) atoms. The highest BCUT2D eigenvalue weighted by Gasteiger charge is 2.01. The number of ether oxygens (including phenoxy) is 2. The van der Waals surface area contributed by atoms with Crippen LogP contribution in [0.25, 0.3) is 0 Å². The van der Waals surface area contributed by atoms with Gasteiger partial charge in [0.2, 0.25) is 0 Å². The van der Waals surface area contributed by atoms with Gasteiger partial charge in [-0.1, -0.05) is 28.1 Å². The van der Waals surface area contributed by atoms with Crippen molar-refractivity contribution in [1.29, 1.82) is 0 Å². The molecule has 0 bridgehead atoms. The van der Waals surface area contributed by atoms with E-state index in [0.29, 0.717) is 0 Å². The first-order valence-electron chi connectivity index (χ1n) is 5.20. The van der Waals surface area contributed by atoms with Crippen molar-refractivity contribution in [2.24, 2.45) is 0 Å². The fourth-order valence-electron chi connectivity index (χ4n) is 1.29. The third-order valence-corrected chi connectivity index (χ3v) is 2.67. The lowest BCUT2D eigenvalue weighted by Crippen LogP contribution is -1.99. The zero-order valence-electron chi connectivity index (χ0n) is 9.04. The third-order valence-electron chi connectivity index (χ3n) is 2.10. The molecule has 84 valence electrons. The normalized spacial score (nSPS) is 10.0. The summed E-state index contributed by atoms with van der Waals surface area (Å²) in [6, 6.07) is 7.74. The second kappa shape index (κ2) is 7.57. The van der Waals surface area contributed by atoms with E-state index < -0.39 is 0 Å². The second-order valence-corrected chi connectivity index (χ2v) is 4.04. The minimum atomic E-state index is 0.757. The molecule has 2 nitrogen and oxygen atoms in total. The number of benzene rings is 1. The summed E-state index contributed by atoms with van der Waals surface area (Å²) in [6.07, 6.45) is 3.49. The molecule has 1 aromatic carbocycles. The van der Waals surface area contributed by atoms with Gasteiger partial charge in [0.15, 0.2) is 11.5 Å². The van der Waals surface area contributed by atoms with Crippen LogP contribution in [0.15, 0.2) is 24.3 Å². The van der Waals surface area contributed by atoms with Crippen LogP contribution in [0.2, 0.25) is 0 Å². The number of hydrogen-bond acceptors (Lipinski definition) is 2. The first-order chi connectivity index (χ1) is 7.38. The van der Waals surface area contributed by atoms with Crippen molar-refractivity contribution in [2.75, 3.05) is 19.0 Å². The van der Waals surface area contributed by atoms with E-state index in [1.807, 2.05) is 24.3 Å². The fraction of sp³-hybridized carbons (Fsp3) is 0.500. The van der Waals surface area contributed by atoms with Crippen molar-refractivity contribution >= 4 is 15.9 Å². The van der Waals surface area contributed by atoms with Crippen LogP contribution in [0.4, 0.5) is 0 Å². The lowest BCUT2D eigenvalue weighted by molar-refractivity contribution is 0.286. The van der Waals surface area contributed by atoms with Crippen LogP contribution in [0.1, 0.15) is 19.3 Å². The van der Waals surface area contributed by atoms with Crippen molar-refractivity contribution in [2.45, 2.75) is 19.3 Å². The average Bonchev–Trinajstić information content (AvgIpc) is 2.29. The Bertz CT molecular complexity index is 276. The van der Waals surface area contributed by atoms with E-state index in [2.05, 4.69) is 15.9 Å². The SMILES string of the molecule is COc1ccccc1OCCCCCBr. The molecule has 0 aliphatic rings. The molecule has 0 aliphatic carbocycles. The quantitative estimate of drug-likeness (QED) is 0.557. The second-order valence-electron chi connectivity index (χ2n) is 3.25. The van der Waals surface area contributed by atoms with E-state index in [-0.39, 0.29) is 0 Å². The maximum Gasteiger partial charge on any atom is 0.161 e. The Balaban J connectivity index is 2.30. The van der Waals surface area contributed by atoms with Gasteiger partial charge in [0, 0.05) is 5.33 Å². The molecule has 0 spiro atoms. The van der Waals surface area contributed by atoms with Crippen LogP contribution in [0, 0.1) is 0 Å². The van der Waals surface area contributed by atoms with Crippen LogP contribution < -0.4 is 9.47 Å². The lowest BCUT2D eigenvalue weighted by Gasteiger charge is -2.09. The van der Waals surface area contributed by atoms with Gasteiger partial charge >= 0.3 is 0 Å². The van der Waals surface area contributed by atoms with Gasteiger partial charge in [0.1, 0.15) is 0 Å². The van der Waals surface area contributed by atoms with E-state index in [0.717, 1.165) is 29.9 Å². The summed E-state index contributed by atoms with van der Waals surface area (Å²) in [4.78, 5) is 0. The van der Waals surface area contributed by atoms with Crippen molar-refractivity contribution < 1.29 is 9.47 Å². The van der Waals surface area contributed by atoms with Gasteiger partial charge in [0.25, 0.3) is 0 Å². The molecule has 0 aliphatic heterocycles. The maximum atomic E-state index is 5.63. The van der Waals surface area contributed by atoms with E-state index in [1.165, 1.54) is 12.8 Å². The Morgan fingerprint density at radius 1 is 1.07 bits per heavy atom. The van der Waals surface area contributed by atoms with Gasteiger partial charge in [-0.3, -0.25) is 0 Å². The molecule has 0 unspecified atom stereocenters. The number of methoxy groups -OCH3 is 1. The van der Waals surface area contributed by atoms with Crippen LogP contribution in [0.3, 0.4) is 0 Å². The largest absolute Gasteiger partial charge is 0.493 e. The monoisotopic (exact) mass is 272 g/mol. The Hall–Kier alpha value is -0.700. The summed E-state index contributed by atoms with van der Waals surface area (Å²) in [7, 11) is 1.66. The molecule has 0 amide bonds. The van der Waals surface area contributed by atoms with Gasteiger partial charge < -0.3 is 9.47 Å². The summed E-state index contributed by atoms with van der Waals surface area (Å²) in [5.74, 6) is 1.64. The predicted molar refractivity (Wildman–Crippen MR) is 66.1 cm³/mol. The van der Waals surface area contributed by atoms with Crippen LogP contribution in [0.5, 0.6) is 11.5 Å². The van der Waals surface area contributed by atoms with Crippen molar-refractivity contribution in [3.8, 4) is 11.5 Å². The highest BCUT2D eigenvalue weighted by atomic mass is 79.9. The highest BCUT2D eigenvalue weighted by molar-refractivity contribution is 9.09. The molecule has 3 heteroatoms. The molecule has 0 aromatic heterocycles. The number of hydrogen-bond donors (Lipinski definition) is 0. The van der Waals surface area contributed by atoms with Crippen molar-refractivity contribution in [1.82, 2.24) is 0 Å². The topological polar surface area (TPSA) is 18.5 Å². The molecule has 0 saturated carbocycles. The summed E-state index contributed by atoms with van der Waals surface area (Å²) in [6.45, 7) is 0.757. The zero-order valence-corrected chi connectivity index (χ0v) is 10.6. The Labute approximate surface area is 99.7 Å². The summed E-state index contributed by atoms with van der Waals surface area (Å²) < 4.78 is 10.8. The minimum absolute atomic E-state index is 0.757. The lowest BCUT2D eigenvalue weighted by atomic mass is 10.2. The molecular formula is C12H17BrO2. The molecule has 0 atom stereocenters. The smallest absolute Gasteiger partial charge is 0.161 e. The molecule has 1 aromatic rings. The van der Waals surface area contributed by atoms with E-state index in [9.17, 15) is 0 Å². The fourth-order valence-corrected chi connectivity index (χ4v) is 1.69. The predicted octanol–water partition coefficient (Wildman–Crippen LogP) is 3.64. The first-order valence-corrected chi connectivity index (χ1v) is 6.32. The van der Waals surface area contributed by atoms with Gasteiger partial charge in [-0.05, 0) is 31.4 Å². The highest BCUT2D eigenvalue weighted by Crippen LogP contribution is 2.25. The molecule has 0 N–H and O–H groups in total. The number of alkyl halides is 1. The standard InChI is InChI=1S/C12H17BrO2/c1-14-11-7-3-4-8-12(11)15-10-6-2-5-9-13/h3-4,7-8H,2,5-6,9-10H2,1H3. The Kier molecular flexibility index (Phi) is 6.25. The number of rotatable bonds is 7. The summed E-state index contributed by atoms with van der Waals surface area (Å²) in [5, 5.41) is 1.07. The molecular weight excluding hydrogens is 256 g/mol. The zero-order chi connectivity index (χ0) is 10.9. The third kappa shape index (κ3) is 4.56. The van der Waals surface area contributed by atoms with Gasteiger partial charge in [-0.25, -0.2) is 0 Å². The van der Waals surface area contributed by atoms with Gasteiger partial charge in [-0.15, -0.1) is 0 Å². The number of halogens is 1. The minimum Gasteiger partial charge on any atom is -0.493 e. The molecule has 0 fully saturated rings. The average molecular weight is 273 g/mol. The van der Waals surface area contributed by atoms with E-state index >= 15 is 0 Å². The molecule has 0 saturated heterocycles. The number of para-hydroxylation sites is 2. The van der Waals surface area contributed by atoms with E-state index in [1.54, 1.807) is 7.11 Å². The molecule has 0 radical (unpaired) electrons. The maximum absolute atomic E-state index is 5.63. The Morgan fingerprint density at radius 3 is 2.47 bits per heavy atom. The van der Waals surface area contributed by atoms with Gasteiger partial charge in [0.05, 0.1) is 13.7 Å². The molecule has 1 rings (SSSR count). The summed E-state index contributed by atoms with van der Waals surface area (Å²) >= 11 is 3.41. The van der Waals surface area contributed by atoms with E-state index in [4.69, 9.17) is 9.47 Å². The van der Waals surface area contributed by atoms with Crippen LogP contribution >= 0.6 is 15.9 Å². The van der Waals surface area contributed by atoms with Crippen molar-refractivity contribution in [3.05, 3.63) is 24.3 Å². The van der Waals surface area contributed by atoms with Gasteiger partial charge in [-0.2, -0.15) is 0 Å². The van der Waals surface area contributed by atoms with Crippen molar-refractivity contribution in [3.63, 3.8) is 0 Å². The Morgan fingerprint density at radius 2 is 1.80 bits per heavy atom. The first kappa shape index (κ1) is 12.4.